The Balaban J connectivity index is 2.21. The lowest BCUT2D eigenvalue weighted by atomic mass is 9.79. The number of carbonyl (C=O) groups excluding carboxylic acids is 1. The van der Waals surface area contributed by atoms with Crippen molar-refractivity contribution in [3.05, 3.63) is 0 Å². The van der Waals surface area contributed by atoms with Crippen molar-refractivity contribution in [2.75, 3.05) is 0 Å². The fraction of sp³-hybridized carbons (Fsp3) is 0.857. The van der Waals surface area contributed by atoms with E-state index in [0.29, 0.717) is 18.1 Å². The fourth-order valence-corrected chi connectivity index (χ4v) is 2.61. The molecule has 1 rings (SSSR count). The lowest BCUT2D eigenvalue weighted by Crippen LogP contribution is -2.17. The van der Waals surface area contributed by atoms with Crippen LogP contribution in [0.3, 0.4) is 0 Å². The van der Waals surface area contributed by atoms with Gasteiger partial charge in [0.25, 0.3) is 0 Å². The summed E-state index contributed by atoms with van der Waals surface area (Å²) in [6.45, 7) is 4.17. The Morgan fingerprint density at radius 1 is 1.50 bits per heavy atom. The van der Waals surface area contributed by atoms with Crippen molar-refractivity contribution in [2.24, 2.45) is 17.8 Å². The first-order valence-electron chi connectivity index (χ1n) is 6.53. The van der Waals surface area contributed by atoms with Crippen LogP contribution in [0.1, 0.15) is 58.8 Å². The molecule has 0 saturated heterocycles. The van der Waals surface area contributed by atoms with E-state index in [1.165, 1.54) is 25.7 Å². The van der Waals surface area contributed by atoms with Crippen LogP contribution < -0.4 is 0 Å². The van der Waals surface area contributed by atoms with Gasteiger partial charge in [0.15, 0.2) is 0 Å². The highest BCUT2D eigenvalue weighted by atomic mass is 16.1. The molecule has 3 atom stereocenters. The Labute approximate surface area is 99.0 Å². The van der Waals surface area contributed by atoms with Crippen LogP contribution in [-0.4, -0.2) is 5.78 Å². The van der Waals surface area contributed by atoms with E-state index < -0.39 is 0 Å². The van der Waals surface area contributed by atoms with Crippen molar-refractivity contribution in [1.82, 2.24) is 0 Å². The molecule has 0 aromatic heterocycles. The largest absolute Gasteiger partial charge is 0.300 e. The van der Waals surface area contributed by atoms with Gasteiger partial charge in [-0.15, -0.1) is 0 Å². The number of Topliss-reactive ketones (excluding diaryl/α,β-unsaturated/α-hetero) is 1. The molecule has 2 heteroatoms. The van der Waals surface area contributed by atoms with Crippen LogP contribution in [0.25, 0.3) is 0 Å². The van der Waals surface area contributed by atoms with Crippen molar-refractivity contribution in [3.8, 4) is 6.07 Å². The van der Waals surface area contributed by atoms with Gasteiger partial charge in [-0.1, -0.05) is 26.2 Å². The van der Waals surface area contributed by atoms with E-state index in [9.17, 15) is 4.79 Å². The Morgan fingerprint density at radius 2 is 2.25 bits per heavy atom. The van der Waals surface area contributed by atoms with Gasteiger partial charge in [-0.2, -0.15) is 5.26 Å². The average molecular weight is 221 g/mol. The van der Waals surface area contributed by atoms with Crippen LogP contribution in [0.15, 0.2) is 0 Å². The standard InChI is InChI=1S/C14H23NO/c1-11-4-3-5-13(8-11)9-14(16)7-6-12(2)10-15/h11-13H,3-9H2,1-2H3. The van der Waals surface area contributed by atoms with E-state index in [2.05, 4.69) is 13.0 Å². The summed E-state index contributed by atoms with van der Waals surface area (Å²) in [5.41, 5.74) is 0. The highest BCUT2D eigenvalue weighted by Gasteiger charge is 2.21. The number of hydrogen-bond donors (Lipinski definition) is 0. The van der Waals surface area contributed by atoms with E-state index in [-0.39, 0.29) is 5.92 Å². The molecule has 90 valence electrons. The predicted molar refractivity (Wildman–Crippen MR) is 64.8 cm³/mol. The van der Waals surface area contributed by atoms with Crippen LogP contribution in [0.2, 0.25) is 0 Å². The molecule has 0 bridgehead atoms. The van der Waals surface area contributed by atoms with Crippen LogP contribution in [-0.2, 0) is 4.79 Å². The second kappa shape index (κ2) is 6.68. The summed E-state index contributed by atoms with van der Waals surface area (Å²) in [5, 5.41) is 8.64. The van der Waals surface area contributed by atoms with Crippen molar-refractivity contribution in [2.45, 2.75) is 58.8 Å². The number of hydrogen-bond acceptors (Lipinski definition) is 2. The first-order valence-corrected chi connectivity index (χ1v) is 6.53. The van der Waals surface area contributed by atoms with Crippen molar-refractivity contribution >= 4 is 5.78 Å². The average Bonchev–Trinajstić information content (AvgIpc) is 2.26. The zero-order chi connectivity index (χ0) is 12.0. The number of rotatable bonds is 5. The van der Waals surface area contributed by atoms with Gasteiger partial charge in [-0.3, -0.25) is 4.79 Å². The first-order chi connectivity index (χ1) is 7.61. The fourth-order valence-electron chi connectivity index (χ4n) is 2.61. The molecular weight excluding hydrogens is 198 g/mol. The molecule has 0 aromatic rings. The summed E-state index contributed by atoms with van der Waals surface area (Å²) in [6, 6.07) is 2.18. The zero-order valence-corrected chi connectivity index (χ0v) is 10.5. The van der Waals surface area contributed by atoms with Gasteiger partial charge in [0, 0.05) is 18.8 Å². The maximum absolute atomic E-state index is 11.7. The van der Waals surface area contributed by atoms with Gasteiger partial charge in [-0.25, -0.2) is 0 Å². The molecular formula is C14H23NO. The Morgan fingerprint density at radius 3 is 2.88 bits per heavy atom. The van der Waals surface area contributed by atoms with Crippen LogP contribution in [0.4, 0.5) is 0 Å². The molecule has 1 aliphatic rings. The summed E-state index contributed by atoms with van der Waals surface area (Å²) in [5.74, 6) is 1.80. The van der Waals surface area contributed by atoms with Crippen molar-refractivity contribution < 1.29 is 4.79 Å². The van der Waals surface area contributed by atoms with E-state index in [1.807, 2.05) is 6.92 Å². The van der Waals surface area contributed by atoms with E-state index in [1.54, 1.807) is 0 Å². The Hall–Kier alpha value is -0.840. The minimum absolute atomic E-state index is 0.0224. The lowest BCUT2D eigenvalue weighted by molar-refractivity contribution is -0.120. The van der Waals surface area contributed by atoms with Gasteiger partial charge in [-0.05, 0) is 31.6 Å². The number of nitriles is 1. The van der Waals surface area contributed by atoms with Crippen molar-refractivity contribution in [3.63, 3.8) is 0 Å². The molecule has 0 radical (unpaired) electrons. The van der Waals surface area contributed by atoms with Gasteiger partial charge in [0.1, 0.15) is 5.78 Å². The summed E-state index contributed by atoms with van der Waals surface area (Å²) in [4.78, 5) is 11.7. The molecule has 16 heavy (non-hydrogen) atoms. The van der Waals surface area contributed by atoms with Gasteiger partial charge in [0.2, 0.25) is 0 Å². The Kier molecular flexibility index (Phi) is 5.52. The van der Waals surface area contributed by atoms with Crippen LogP contribution in [0, 0.1) is 29.1 Å². The number of carbonyl (C=O) groups is 1. The van der Waals surface area contributed by atoms with E-state index in [4.69, 9.17) is 5.26 Å². The molecule has 1 saturated carbocycles. The van der Waals surface area contributed by atoms with E-state index >= 15 is 0 Å². The second-order valence-electron chi connectivity index (χ2n) is 5.45. The lowest BCUT2D eigenvalue weighted by Gasteiger charge is -2.26. The molecule has 2 nitrogen and oxygen atoms in total. The second-order valence-corrected chi connectivity index (χ2v) is 5.45. The molecule has 3 unspecified atom stereocenters. The first kappa shape index (κ1) is 13.2. The summed E-state index contributed by atoms with van der Waals surface area (Å²) >= 11 is 0. The molecule has 1 fully saturated rings. The molecule has 0 aromatic carbocycles. The summed E-state index contributed by atoms with van der Waals surface area (Å²) < 4.78 is 0. The summed E-state index contributed by atoms with van der Waals surface area (Å²) in [6.07, 6.45) is 7.15. The van der Waals surface area contributed by atoms with Gasteiger partial charge >= 0.3 is 0 Å². The third-order valence-electron chi connectivity index (χ3n) is 3.64. The molecule has 0 amide bonds. The van der Waals surface area contributed by atoms with Crippen molar-refractivity contribution in [1.29, 1.82) is 5.26 Å². The van der Waals surface area contributed by atoms with Crippen LogP contribution >= 0.6 is 0 Å². The third-order valence-corrected chi connectivity index (χ3v) is 3.64. The normalized spacial score (nSPS) is 27.1. The van der Waals surface area contributed by atoms with Gasteiger partial charge < -0.3 is 0 Å². The maximum Gasteiger partial charge on any atom is 0.133 e. The van der Waals surface area contributed by atoms with Gasteiger partial charge in [0.05, 0.1) is 6.07 Å². The highest BCUT2D eigenvalue weighted by Crippen LogP contribution is 2.31. The predicted octanol–water partition coefficient (Wildman–Crippen LogP) is 3.71. The number of ketones is 1. The topological polar surface area (TPSA) is 40.9 Å². The number of nitrogens with zero attached hydrogens (tertiary/aromatic N) is 1. The third kappa shape index (κ3) is 4.79. The van der Waals surface area contributed by atoms with E-state index in [0.717, 1.165) is 18.8 Å². The summed E-state index contributed by atoms with van der Waals surface area (Å²) in [7, 11) is 0. The molecule has 1 aliphatic carbocycles. The zero-order valence-electron chi connectivity index (χ0n) is 10.5. The minimum atomic E-state index is 0.0224. The molecule has 0 N–H and O–H groups in total. The monoisotopic (exact) mass is 221 g/mol. The minimum Gasteiger partial charge on any atom is -0.300 e. The highest BCUT2D eigenvalue weighted by molar-refractivity contribution is 5.78. The van der Waals surface area contributed by atoms with Crippen LogP contribution in [0.5, 0.6) is 0 Å². The molecule has 0 spiro atoms. The maximum atomic E-state index is 11.7. The Bertz CT molecular complexity index is 266. The SMILES string of the molecule is CC(C#N)CCC(=O)CC1CCCC(C)C1. The molecule has 0 heterocycles. The molecule has 0 aliphatic heterocycles. The smallest absolute Gasteiger partial charge is 0.133 e. The quantitative estimate of drug-likeness (QED) is 0.710.